The van der Waals surface area contributed by atoms with E-state index >= 15 is 0 Å². The minimum atomic E-state index is 0.521. The highest BCUT2D eigenvalue weighted by molar-refractivity contribution is 5.73. The van der Waals surface area contributed by atoms with Gasteiger partial charge in [0.1, 0.15) is 17.2 Å². The SMILES string of the molecule is c1ccc(-n2c(CC3CCCOC3)nc3cccnc32)nc1. The van der Waals surface area contributed by atoms with Crippen LogP contribution in [0.3, 0.4) is 0 Å². The second-order valence-electron chi connectivity index (χ2n) is 5.68. The van der Waals surface area contributed by atoms with Gasteiger partial charge in [-0.05, 0) is 43.0 Å². The zero-order valence-electron chi connectivity index (χ0n) is 12.4. The van der Waals surface area contributed by atoms with E-state index in [0.717, 1.165) is 48.9 Å². The molecule has 1 aliphatic rings. The topological polar surface area (TPSA) is 52.8 Å². The van der Waals surface area contributed by atoms with Gasteiger partial charge in [-0.25, -0.2) is 15.0 Å². The molecular weight excluding hydrogens is 276 g/mol. The maximum atomic E-state index is 5.61. The summed E-state index contributed by atoms with van der Waals surface area (Å²) >= 11 is 0. The first-order valence-electron chi connectivity index (χ1n) is 7.73. The van der Waals surface area contributed by atoms with Gasteiger partial charge in [0.05, 0.1) is 0 Å². The maximum Gasteiger partial charge on any atom is 0.165 e. The predicted octanol–water partition coefficient (Wildman–Crippen LogP) is 2.78. The molecule has 0 aromatic carbocycles. The molecule has 0 bridgehead atoms. The summed E-state index contributed by atoms with van der Waals surface area (Å²) < 4.78 is 7.68. The number of nitrogens with zero attached hydrogens (tertiary/aromatic N) is 4. The number of hydrogen-bond donors (Lipinski definition) is 0. The number of pyridine rings is 2. The molecule has 0 amide bonds. The van der Waals surface area contributed by atoms with Crippen molar-refractivity contribution in [2.24, 2.45) is 5.92 Å². The van der Waals surface area contributed by atoms with E-state index in [1.165, 1.54) is 6.42 Å². The van der Waals surface area contributed by atoms with Gasteiger partial charge in [0.15, 0.2) is 5.65 Å². The van der Waals surface area contributed by atoms with Gasteiger partial charge in [-0.3, -0.25) is 4.57 Å². The van der Waals surface area contributed by atoms with Gasteiger partial charge < -0.3 is 4.74 Å². The molecule has 1 unspecified atom stereocenters. The van der Waals surface area contributed by atoms with Crippen molar-refractivity contribution in [3.63, 3.8) is 0 Å². The number of imidazole rings is 1. The molecule has 0 aliphatic carbocycles. The molecule has 1 aliphatic heterocycles. The Morgan fingerprint density at radius 2 is 2.09 bits per heavy atom. The fourth-order valence-electron chi connectivity index (χ4n) is 3.05. The van der Waals surface area contributed by atoms with Crippen LogP contribution in [0.25, 0.3) is 17.0 Å². The average molecular weight is 294 g/mol. The monoisotopic (exact) mass is 294 g/mol. The van der Waals surface area contributed by atoms with Crippen LogP contribution >= 0.6 is 0 Å². The van der Waals surface area contributed by atoms with Crippen LogP contribution in [0, 0.1) is 5.92 Å². The lowest BCUT2D eigenvalue weighted by Crippen LogP contribution is -2.21. The fraction of sp³-hybridized carbons (Fsp3) is 0.353. The van der Waals surface area contributed by atoms with Crippen molar-refractivity contribution in [2.75, 3.05) is 13.2 Å². The summed E-state index contributed by atoms with van der Waals surface area (Å²) in [5, 5.41) is 0. The summed E-state index contributed by atoms with van der Waals surface area (Å²) in [4.78, 5) is 13.8. The average Bonchev–Trinajstić information content (AvgIpc) is 2.94. The van der Waals surface area contributed by atoms with E-state index in [0.29, 0.717) is 5.92 Å². The molecule has 1 fully saturated rings. The molecule has 1 saturated heterocycles. The van der Waals surface area contributed by atoms with Crippen molar-refractivity contribution in [3.8, 4) is 5.82 Å². The van der Waals surface area contributed by atoms with Crippen LogP contribution in [0.4, 0.5) is 0 Å². The van der Waals surface area contributed by atoms with Crippen molar-refractivity contribution in [1.82, 2.24) is 19.5 Å². The number of hydrogen-bond acceptors (Lipinski definition) is 4. The summed E-state index contributed by atoms with van der Waals surface area (Å²) in [6.45, 7) is 1.70. The van der Waals surface area contributed by atoms with Gasteiger partial charge in [-0.2, -0.15) is 0 Å². The van der Waals surface area contributed by atoms with Crippen molar-refractivity contribution in [2.45, 2.75) is 19.3 Å². The smallest absolute Gasteiger partial charge is 0.165 e. The number of aromatic nitrogens is 4. The van der Waals surface area contributed by atoms with E-state index in [1.807, 2.05) is 30.3 Å². The third kappa shape index (κ3) is 2.48. The highest BCUT2D eigenvalue weighted by Gasteiger charge is 2.20. The predicted molar refractivity (Wildman–Crippen MR) is 83.9 cm³/mol. The second kappa shape index (κ2) is 5.85. The largest absolute Gasteiger partial charge is 0.381 e. The minimum absolute atomic E-state index is 0.521. The van der Waals surface area contributed by atoms with Gasteiger partial charge in [0, 0.05) is 32.0 Å². The number of rotatable bonds is 3. The molecule has 112 valence electrons. The van der Waals surface area contributed by atoms with Gasteiger partial charge in [-0.1, -0.05) is 6.07 Å². The first-order valence-corrected chi connectivity index (χ1v) is 7.73. The Morgan fingerprint density at radius 1 is 1.14 bits per heavy atom. The van der Waals surface area contributed by atoms with Crippen molar-refractivity contribution < 1.29 is 4.74 Å². The molecule has 0 N–H and O–H groups in total. The molecule has 22 heavy (non-hydrogen) atoms. The fourth-order valence-corrected chi connectivity index (χ4v) is 3.05. The highest BCUT2D eigenvalue weighted by atomic mass is 16.5. The molecule has 3 aromatic heterocycles. The molecule has 0 spiro atoms. The normalized spacial score (nSPS) is 18.6. The third-order valence-corrected chi connectivity index (χ3v) is 4.09. The lowest BCUT2D eigenvalue weighted by Gasteiger charge is -2.21. The number of fused-ring (bicyclic) bond motifs is 1. The summed E-state index contributed by atoms with van der Waals surface area (Å²) in [5.74, 6) is 2.41. The Labute approximate surface area is 129 Å². The Kier molecular flexibility index (Phi) is 3.56. The van der Waals surface area contributed by atoms with Crippen molar-refractivity contribution in [1.29, 1.82) is 0 Å². The van der Waals surface area contributed by atoms with Gasteiger partial charge >= 0.3 is 0 Å². The summed E-state index contributed by atoms with van der Waals surface area (Å²) in [6.07, 6.45) is 6.83. The Hall–Kier alpha value is -2.27. The van der Waals surface area contributed by atoms with Crippen LogP contribution in [0.15, 0.2) is 42.7 Å². The Balaban J connectivity index is 1.79. The minimum Gasteiger partial charge on any atom is -0.381 e. The zero-order valence-corrected chi connectivity index (χ0v) is 12.4. The summed E-state index contributed by atoms with van der Waals surface area (Å²) in [6, 6.07) is 9.83. The second-order valence-corrected chi connectivity index (χ2v) is 5.68. The van der Waals surface area contributed by atoms with Crippen molar-refractivity contribution in [3.05, 3.63) is 48.5 Å². The van der Waals surface area contributed by atoms with E-state index < -0.39 is 0 Å². The molecule has 5 nitrogen and oxygen atoms in total. The van der Waals surface area contributed by atoms with Gasteiger partial charge in [0.2, 0.25) is 0 Å². The Morgan fingerprint density at radius 3 is 2.91 bits per heavy atom. The van der Waals surface area contributed by atoms with E-state index in [1.54, 1.807) is 12.4 Å². The summed E-state index contributed by atoms with van der Waals surface area (Å²) in [5.41, 5.74) is 1.79. The van der Waals surface area contributed by atoms with Gasteiger partial charge in [0.25, 0.3) is 0 Å². The quantitative estimate of drug-likeness (QED) is 0.745. The molecule has 5 heteroatoms. The molecule has 0 radical (unpaired) electrons. The van der Waals surface area contributed by atoms with E-state index in [-0.39, 0.29) is 0 Å². The first kappa shape index (κ1) is 13.4. The molecule has 1 atom stereocenters. The molecule has 0 saturated carbocycles. The lowest BCUT2D eigenvalue weighted by atomic mass is 9.98. The summed E-state index contributed by atoms with van der Waals surface area (Å²) in [7, 11) is 0. The van der Waals surface area contributed by atoms with E-state index in [4.69, 9.17) is 9.72 Å². The van der Waals surface area contributed by atoms with Crippen LogP contribution in [0.1, 0.15) is 18.7 Å². The highest BCUT2D eigenvalue weighted by Crippen LogP contribution is 2.23. The molecule has 4 rings (SSSR count). The van der Waals surface area contributed by atoms with Crippen LogP contribution in [0.5, 0.6) is 0 Å². The third-order valence-electron chi connectivity index (χ3n) is 4.09. The van der Waals surface area contributed by atoms with E-state index in [2.05, 4.69) is 14.5 Å². The van der Waals surface area contributed by atoms with Crippen LogP contribution in [-0.2, 0) is 11.2 Å². The number of ether oxygens (including phenoxy) is 1. The van der Waals surface area contributed by atoms with Crippen LogP contribution in [0.2, 0.25) is 0 Å². The first-order chi connectivity index (χ1) is 10.9. The van der Waals surface area contributed by atoms with Crippen LogP contribution < -0.4 is 0 Å². The maximum absolute atomic E-state index is 5.61. The standard InChI is InChI=1S/C17H18N4O/c1-2-8-18-15(7-1)21-16(11-13-5-4-10-22-12-13)20-14-6-3-9-19-17(14)21/h1-3,6-9,13H,4-5,10-12H2. The zero-order chi connectivity index (χ0) is 14.8. The van der Waals surface area contributed by atoms with Crippen molar-refractivity contribution >= 4 is 11.2 Å². The Bertz CT molecular complexity index is 763. The van der Waals surface area contributed by atoms with E-state index in [9.17, 15) is 0 Å². The van der Waals surface area contributed by atoms with Gasteiger partial charge in [-0.15, -0.1) is 0 Å². The van der Waals surface area contributed by atoms with Crippen LogP contribution in [-0.4, -0.2) is 32.7 Å². The molecular formula is C17H18N4O. The lowest BCUT2D eigenvalue weighted by molar-refractivity contribution is 0.0542. The molecule has 3 aromatic rings. The molecule has 4 heterocycles.